The van der Waals surface area contributed by atoms with Crippen LogP contribution in [0.2, 0.25) is 5.02 Å². The van der Waals surface area contributed by atoms with Gasteiger partial charge in [0.2, 0.25) is 0 Å². The van der Waals surface area contributed by atoms with Gasteiger partial charge in [-0.05, 0) is 36.8 Å². The maximum absolute atomic E-state index is 12.1. The number of halogens is 1. The number of carbonyl (C=O) groups is 1. The monoisotopic (exact) mass is 391 g/mol. The minimum atomic E-state index is -0.246. The molecule has 1 N–H and O–H groups in total. The summed E-state index contributed by atoms with van der Waals surface area (Å²) in [6, 6.07) is 10.8. The highest BCUT2D eigenvalue weighted by Crippen LogP contribution is 2.38. The van der Waals surface area contributed by atoms with Crippen LogP contribution in [0.25, 0.3) is 0 Å². The largest absolute Gasteiger partial charge is 0.490 e. The van der Waals surface area contributed by atoms with Crippen molar-refractivity contribution in [2.75, 3.05) is 26.4 Å². The SMILES string of the molecule is CCOc1ccccc1OCC(=O)NCc1cc(Cl)c2c(c1)OCCCO2. The molecule has 1 amide bonds. The molecule has 0 bridgehead atoms. The van der Waals surface area contributed by atoms with Crippen LogP contribution in [0.5, 0.6) is 23.0 Å². The van der Waals surface area contributed by atoms with Gasteiger partial charge in [-0.25, -0.2) is 0 Å². The zero-order chi connectivity index (χ0) is 19.1. The van der Waals surface area contributed by atoms with Crippen molar-refractivity contribution in [2.24, 2.45) is 0 Å². The summed E-state index contributed by atoms with van der Waals surface area (Å²) in [7, 11) is 0. The standard InChI is InChI=1S/C20H22ClNO5/c1-2-24-16-6-3-4-7-17(16)27-13-19(23)22-12-14-10-15(21)20-18(11-14)25-8-5-9-26-20/h3-4,6-7,10-11H,2,5,8-9,12-13H2,1H3,(H,22,23). The number of hydrogen-bond donors (Lipinski definition) is 1. The van der Waals surface area contributed by atoms with Crippen molar-refractivity contribution in [1.82, 2.24) is 5.32 Å². The first-order valence-corrected chi connectivity index (χ1v) is 9.24. The first-order chi connectivity index (χ1) is 13.2. The van der Waals surface area contributed by atoms with E-state index < -0.39 is 0 Å². The summed E-state index contributed by atoms with van der Waals surface area (Å²) in [5.74, 6) is 2.06. The molecule has 0 saturated heterocycles. The summed E-state index contributed by atoms with van der Waals surface area (Å²) >= 11 is 6.27. The lowest BCUT2D eigenvalue weighted by molar-refractivity contribution is -0.123. The number of ether oxygens (including phenoxy) is 4. The van der Waals surface area contributed by atoms with Crippen molar-refractivity contribution in [2.45, 2.75) is 19.9 Å². The predicted molar refractivity (Wildman–Crippen MR) is 102 cm³/mol. The lowest BCUT2D eigenvalue weighted by Crippen LogP contribution is -2.28. The Labute approximate surface area is 163 Å². The van der Waals surface area contributed by atoms with Crippen molar-refractivity contribution in [3.63, 3.8) is 0 Å². The van der Waals surface area contributed by atoms with Crippen molar-refractivity contribution >= 4 is 17.5 Å². The van der Waals surface area contributed by atoms with E-state index in [1.807, 2.05) is 25.1 Å². The number of carbonyl (C=O) groups excluding carboxylic acids is 1. The molecule has 0 radical (unpaired) electrons. The number of fused-ring (bicyclic) bond motifs is 1. The number of benzene rings is 2. The maximum atomic E-state index is 12.1. The minimum absolute atomic E-state index is 0.109. The molecule has 0 fully saturated rings. The second kappa shape index (κ2) is 9.37. The molecule has 0 aromatic heterocycles. The third-order valence-electron chi connectivity index (χ3n) is 3.86. The molecule has 1 aliphatic heterocycles. The topological polar surface area (TPSA) is 66.0 Å². The van der Waals surface area contributed by atoms with Gasteiger partial charge < -0.3 is 24.3 Å². The fourth-order valence-electron chi connectivity index (χ4n) is 2.63. The van der Waals surface area contributed by atoms with E-state index in [2.05, 4.69) is 5.32 Å². The lowest BCUT2D eigenvalue weighted by Gasteiger charge is -2.13. The van der Waals surface area contributed by atoms with E-state index in [1.54, 1.807) is 18.2 Å². The third kappa shape index (κ3) is 5.20. The Balaban J connectivity index is 1.55. The van der Waals surface area contributed by atoms with Gasteiger partial charge in [0.1, 0.15) is 0 Å². The Hall–Kier alpha value is -2.60. The summed E-state index contributed by atoms with van der Waals surface area (Å²) in [6.07, 6.45) is 0.803. The number of rotatable bonds is 7. The minimum Gasteiger partial charge on any atom is -0.490 e. The maximum Gasteiger partial charge on any atom is 0.258 e. The third-order valence-corrected chi connectivity index (χ3v) is 4.14. The Kier molecular flexibility index (Phi) is 6.65. The van der Waals surface area contributed by atoms with Crippen LogP contribution >= 0.6 is 11.6 Å². The molecule has 1 heterocycles. The van der Waals surface area contributed by atoms with Crippen LogP contribution in [0, 0.1) is 0 Å². The molecular formula is C20H22ClNO5. The zero-order valence-electron chi connectivity index (χ0n) is 15.1. The first-order valence-electron chi connectivity index (χ1n) is 8.86. The molecule has 1 aliphatic rings. The zero-order valence-corrected chi connectivity index (χ0v) is 15.9. The summed E-state index contributed by atoms with van der Waals surface area (Å²) in [4.78, 5) is 12.1. The van der Waals surface area contributed by atoms with E-state index in [0.29, 0.717) is 54.4 Å². The Bertz CT molecular complexity index is 796. The molecule has 0 unspecified atom stereocenters. The van der Waals surface area contributed by atoms with E-state index >= 15 is 0 Å². The van der Waals surface area contributed by atoms with Gasteiger partial charge in [0, 0.05) is 13.0 Å². The van der Waals surface area contributed by atoms with Crippen LogP contribution < -0.4 is 24.3 Å². The molecular weight excluding hydrogens is 370 g/mol. The Morgan fingerprint density at radius 3 is 2.67 bits per heavy atom. The van der Waals surface area contributed by atoms with Gasteiger partial charge in [0.05, 0.1) is 24.8 Å². The van der Waals surface area contributed by atoms with Crippen LogP contribution in [0.4, 0.5) is 0 Å². The summed E-state index contributed by atoms with van der Waals surface area (Å²) in [6.45, 7) is 3.77. The lowest BCUT2D eigenvalue weighted by atomic mass is 10.2. The van der Waals surface area contributed by atoms with Crippen molar-refractivity contribution in [3.05, 3.63) is 47.0 Å². The van der Waals surface area contributed by atoms with Gasteiger partial charge in [-0.15, -0.1) is 0 Å². The molecule has 144 valence electrons. The van der Waals surface area contributed by atoms with Gasteiger partial charge in [0.25, 0.3) is 5.91 Å². The molecule has 27 heavy (non-hydrogen) atoms. The quantitative estimate of drug-likeness (QED) is 0.781. The fourth-order valence-corrected chi connectivity index (χ4v) is 2.91. The van der Waals surface area contributed by atoms with Crippen LogP contribution in [0.3, 0.4) is 0 Å². The van der Waals surface area contributed by atoms with Crippen LogP contribution in [0.1, 0.15) is 18.9 Å². The molecule has 6 nitrogen and oxygen atoms in total. The van der Waals surface area contributed by atoms with E-state index in [1.165, 1.54) is 0 Å². The fraction of sp³-hybridized carbons (Fsp3) is 0.350. The predicted octanol–water partition coefficient (Wildman–Crippen LogP) is 3.60. The van der Waals surface area contributed by atoms with Crippen LogP contribution in [-0.2, 0) is 11.3 Å². The van der Waals surface area contributed by atoms with Crippen molar-refractivity contribution in [3.8, 4) is 23.0 Å². The van der Waals surface area contributed by atoms with Crippen molar-refractivity contribution < 1.29 is 23.7 Å². The average molecular weight is 392 g/mol. The second-order valence-corrected chi connectivity index (χ2v) is 6.31. The second-order valence-electron chi connectivity index (χ2n) is 5.90. The Morgan fingerprint density at radius 2 is 1.89 bits per heavy atom. The first kappa shape index (κ1) is 19.2. The van der Waals surface area contributed by atoms with Gasteiger partial charge >= 0.3 is 0 Å². The molecule has 0 spiro atoms. The van der Waals surface area contributed by atoms with Crippen LogP contribution in [0.15, 0.2) is 36.4 Å². The molecule has 3 rings (SSSR count). The van der Waals surface area contributed by atoms with E-state index in [9.17, 15) is 4.79 Å². The molecule has 2 aromatic rings. The van der Waals surface area contributed by atoms with Crippen LogP contribution in [-0.4, -0.2) is 32.3 Å². The van der Waals surface area contributed by atoms with E-state index in [0.717, 1.165) is 12.0 Å². The van der Waals surface area contributed by atoms with Crippen molar-refractivity contribution in [1.29, 1.82) is 0 Å². The van der Waals surface area contributed by atoms with Gasteiger partial charge in [-0.1, -0.05) is 23.7 Å². The number of nitrogens with one attached hydrogen (secondary N) is 1. The van der Waals surface area contributed by atoms with E-state index in [4.69, 9.17) is 30.5 Å². The molecule has 7 heteroatoms. The highest BCUT2D eigenvalue weighted by molar-refractivity contribution is 6.32. The molecule has 0 saturated carbocycles. The normalized spacial score (nSPS) is 12.8. The van der Waals surface area contributed by atoms with Gasteiger partial charge in [-0.2, -0.15) is 0 Å². The molecule has 0 aliphatic carbocycles. The highest BCUT2D eigenvalue weighted by atomic mass is 35.5. The number of hydrogen-bond acceptors (Lipinski definition) is 5. The summed E-state index contributed by atoms with van der Waals surface area (Å²) in [5, 5.41) is 3.28. The van der Waals surface area contributed by atoms with Gasteiger partial charge in [0.15, 0.2) is 29.6 Å². The summed E-state index contributed by atoms with van der Waals surface area (Å²) < 4.78 is 22.3. The average Bonchev–Trinajstić information content (AvgIpc) is 2.92. The molecule has 2 aromatic carbocycles. The number of para-hydroxylation sites is 2. The Morgan fingerprint density at radius 1 is 1.15 bits per heavy atom. The molecule has 0 atom stereocenters. The highest BCUT2D eigenvalue weighted by Gasteiger charge is 2.16. The summed E-state index contributed by atoms with van der Waals surface area (Å²) in [5.41, 5.74) is 0.826. The number of amides is 1. The van der Waals surface area contributed by atoms with Gasteiger partial charge in [-0.3, -0.25) is 4.79 Å². The smallest absolute Gasteiger partial charge is 0.258 e. The van der Waals surface area contributed by atoms with E-state index in [-0.39, 0.29) is 12.5 Å².